The predicted octanol–water partition coefficient (Wildman–Crippen LogP) is -0.269. The number of sulfone groups is 1. The van der Waals surface area contributed by atoms with E-state index in [2.05, 4.69) is 0 Å². The number of para-hydroxylation sites is 1. The summed E-state index contributed by atoms with van der Waals surface area (Å²) in [5.74, 6) is -1.19. The number of nitrogens with two attached hydrogens (primary N) is 1. The molecule has 0 heterocycles. The highest BCUT2D eigenvalue weighted by atomic mass is 32.2. The molecule has 0 saturated carbocycles. The number of benzene rings is 1. The smallest absolute Gasteiger partial charge is 0.242 e. The number of hydrogen-bond acceptors (Lipinski definition) is 5. The van der Waals surface area contributed by atoms with E-state index in [0.29, 0.717) is 0 Å². The lowest BCUT2D eigenvalue weighted by atomic mass is 10.3. The van der Waals surface area contributed by atoms with Gasteiger partial charge in [0.05, 0.1) is 11.4 Å². The summed E-state index contributed by atoms with van der Waals surface area (Å²) < 4.78 is 60.3. The van der Waals surface area contributed by atoms with Gasteiger partial charge in [-0.15, -0.1) is 0 Å². The van der Waals surface area contributed by atoms with Crippen LogP contribution in [0.15, 0.2) is 23.1 Å². The summed E-state index contributed by atoms with van der Waals surface area (Å²) in [6.07, 6.45) is 0.984. The monoisotopic (exact) mass is 296 g/mol. The first-order chi connectivity index (χ1) is 8.13. The van der Waals surface area contributed by atoms with E-state index in [0.717, 1.165) is 18.4 Å². The molecule has 0 saturated heterocycles. The Bertz CT molecular complexity index is 641. The molecule has 1 aromatic rings. The normalized spacial score (nSPS) is 12.6. The van der Waals surface area contributed by atoms with Crippen molar-refractivity contribution in [1.29, 1.82) is 0 Å². The fraction of sp³-hybridized carbons (Fsp3) is 0.333. The molecular weight excluding hydrogens is 283 g/mol. The summed E-state index contributed by atoms with van der Waals surface area (Å²) >= 11 is 0. The minimum absolute atomic E-state index is 0.295. The molecule has 6 nitrogen and oxygen atoms in total. The van der Waals surface area contributed by atoms with Gasteiger partial charge in [0.2, 0.25) is 10.0 Å². The van der Waals surface area contributed by atoms with E-state index in [1.807, 2.05) is 4.72 Å². The minimum Gasteiger partial charge on any atom is -0.395 e. The molecule has 0 amide bonds. The molecule has 0 aliphatic carbocycles. The quantitative estimate of drug-likeness (QED) is 0.728. The van der Waals surface area contributed by atoms with Gasteiger partial charge in [0.25, 0.3) is 0 Å². The molecular formula is C9H13FN2O4S2. The van der Waals surface area contributed by atoms with Gasteiger partial charge in [0.15, 0.2) is 0 Å². The second-order valence-corrected chi connectivity index (χ2v) is 7.67. The van der Waals surface area contributed by atoms with Crippen LogP contribution in [-0.4, -0.2) is 35.4 Å². The number of anilines is 1. The molecule has 0 atom stereocenters. The van der Waals surface area contributed by atoms with Gasteiger partial charge in [0.1, 0.15) is 20.5 Å². The standard InChI is InChI=1S/C9H13FN2O4S2/c1-17(13,14)6-5-12-18(15,16)8-4-2-3-7(10)9(8)11/h2-4,12H,5-6,11H2,1H3. The largest absolute Gasteiger partial charge is 0.395 e. The van der Waals surface area contributed by atoms with Crippen molar-refractivity contribution in [2.75, 3.05) is 24.3 Å². The highest BCUT2D eigenvalue weighted by Gasteiger charge is 2.19. The van der Waals surface area contributed by atoms with Crippen molar-refractivity contribution in [1.82, 2.24) is 4.72 Å². The number of halogens is 1. The third kappa shape index (κ3) is 3.93. The second-order valence-electron chi connectivity index (χ2n) is 3.68. The van der Waals surface area contributed by atoms with Crippen molar-refractivity contribution in [2.24, 2.45) is 0 Å². The first-order valence-electron chi connectivity index (χ1n) is 4.85. The van der Waals surface area contributed by atoms with Crippen LogP contribution in [0.25, 0.3) is 0 Å². The Hall–Kier alpha value is -1.19. The van der Waals surface area contributed by atoms with Crippen LogP contribution in [-0.2, 0) is 19.9 Å². The fourth-order valence-electron chi connectivity index (χ4n) is 1.19. The molecule has 0 radical (unpaired) electrons. The summed E-state index contributed by atoms with van der Waals surface area (Å²) in [6, 6.07) is 3.38. The van der Waals surface area contributed by atoms with Gasteiger partial charge in [-0.05, 0) is 12.1 Å². The van der Waals surface area contributed by atoms with Crippen LogP contribution in [0.2, 0.25) is 0 Å². The summed E-state index contributed by atoms with van der Waals surface area (Å²) in [5, 5.41) is 0. The van der Waals surface area contributed by atoms with Gasteiger partial charge < -0.3 is 5.73 Å². The Labute approximate surface area is 105 Å². The maximum atomic E-state index is 13.1. The van der Waals surface area contributed by atoms with Gasteiger partial charge in [-0.2, -0.15) is 0 Å². The number of hydrogen-bond donors (Lipinski definition) is 2. The third-order valence-electron chi connectivity index (χ3n) is 2.07. The first kappa shape index (κ1) is 14.9. The van der Waals surface area contributed by atoms with Crippen molar-refractivity contribution in [3.8, 4) is 0 Å². The first-order valence-corrected chi connectivity index (χ1v) is 8.39. The van der Waals surface area contributed by atoms with Crippen LogP contribution >= 0.6 is 0 Å². The summed E-state index contributed by atoms with van der Waals surface area (Å²) in [6.45, 7) is -0.295. The Balaban J connectivity index is 2.91. The van der Waals surface area contributed by atoms with E-state index < -0.39 is 36.3 Å². The Morgan fingerprint density at radius 1 is 1.28 bits per heavy atom. The van der Waals surface area contributed by atoms with E-state index >= 15 is 0 Å². The molecule has 0 bridgehead atoms. The van der Waals surface area contributed by atoms with Crippen LogP contribution in [0, 0.1) is 5.82 Å². The highest BCUT2D eigenvalue weighted by molar-refractivity contribution is 7.91. The van der Waals surface area contributed by atoms with Gasteiger partial charge >= 0.3 is 0 Å². The predicted molar refractivity (Wildman–Crippen MR) is 65.7 cm³/mol. The molecule has 0 aliphatic heterocycles. The maximum absolute atomic E-state index is 13.1. The molecule has 0 aromatic heterocycles. The summed E-state index contributed by atoms with van der Waals surface area (Å²) in [7, 11) is -7.29. The molecule has 9 heteroatoms. The lowest BCUT2D eigenvalue weighted by Gasteiger charge is -2.08. The lowest BCUT2D eigenvalue weighted by molar-refractivity contribution is 0.579. The SMILES string of the molecule is CS(=O)(=O)CCNS(=O)(=O)c1cccc(F)c1N. The lowest BCUT2D eigenvalue weighted by Crippen LogP contribution is -2.29. The number of sulfonamides is 1. The van der Waals surface area contributed by atoms with Crippen molar-refractivity contribution < 1.29 is 21.2 Å². The van der Waals surface area contributed by atoms with Gasteiger partial charge in [0, 0.05) is 12.8 Å². The average Bonchev–Trinajstić information content (AvgIpc) is 2.19. The number of nitrogens with one attached hydrogen (secondary N) is 1. The minimum atomic E-state index is -4.02. The van der Waals surface area contributed by atoms with Crippen LogP contribution in [0.3, 0.4) is 0 Å². The number of nitrogen functional groups attached to an aromatic ring is 1. The fourth-order valence-corrected chi connectivity index (χ4v) is 2.96. The van der Waals surface area contributed by atoms with E-state index in [1.54, 1.807) is 0 Å². The zero-order chi connectivity index (χ0) is 14.0. The molecule has 0 aliphatic rings. The molecule has 3 N–H and O–H groups in total. The van der Waals surface area contributed by atoms with E-state index in [-0.39, 0.29) is 12.3 Å². The molecule has 18 heavy (non-hydrogen) atoms. The van der Waals surface area contributed by atoms with Crippen molar-refractivity contribution in [3.05, 3.63) is 24.0 Å². The molecule has 0 fully saturated rings. The van der Waals surface area contributed by atoms with Crippen LogP contribution < -0.4 is 10.5 Å². The second kappa shape index (κ2) is 5.21. The number of rotatable bonds is 5. The van der Waals surface area contributed by atoms with Gasteiger partial charge in [-0.3, -0.25) is 0 Å². The molecule has 1 aromatic carbocycles. The molecule has 1 rings (SSSR count). The van der Waals surface area contributed by atoms with Crippen molar-refractivity contribution in [2.45, 2.75) is 4.90 Å². The van der Waals surface area contributed by atoms with Crippen LogP contribution in [0.5, 0.6) is 0 Å². The zero-order valence-electron chi connectivity index (χ0n) is 9.55. The molecule has 0 unspecified atom stereocenters. The third-order valence-corrected chi connectivity index (χ3v) is 4.53. The Morgan fingerprint density at radius 3 is 2.44 bits per heavy atom. The Morgan fingerprint density at radius 2 is 1.89 bits per heavy atom. The van der Waals surface area contributed by atoms with Crippen LogP contribution in [0.4, 0.5) is 10.1 Å². The molecule has 0 spiro atoms. The summed E-state index contributed by atoms with van der Waals surface area (Å²) in [4.78, 5) is -0.406. The zero-order valence-corrected chi connectivity index (χ0v) is 11.2. The van der Waals surface area contributed by atoms with E-state index in [4.69, 9.17) is 5.73 Å². The van der Waals surface area contributed by atoms with Gasteiger partial charge in [-0.25, -0.2) is 25.9 Å². The van der Waals surface area contributed by atoms with Crippen molar-refractivity contribution >= 4 is 25.5 Å². The van der Waals surface area contributed by atoms with E-state index in [1.165, 1.54) is 6.07 Å². The average molecular weight is 296 g/mol. The summed E-state index contributed by atoms with van der Waals surface area (Å²) in [5.41, 5.74) is 4.82. The van der Waals surface area contributed by atoms with Crippen LogP contribution in [0.1, 0.15) is 0 Å². The van der Waals surface area contributed by atoms with E-state index in [9.17, 15) is 21.2 Å². The van der Waals surface area contributed by atoms with Gasteiger partial charge in [-0.1, -0.05) is 6.07 Å². The maximum Gasteiger partial charge on any atom is 0.242 e. The highest BCUT2D eigenvalue weighted by Crippen LogP contribution is 2.20. The topological polar surface area (TPSA) is 106 Å². The molecule has 102 valence electrons. The Kier molecular flexibility index (Phi) is 4.30. The van der Waals surface area contributed by atoms with Crippen molar-refractivity contribution in [3.63, 3.8) is 0 Å².